The van der Waals surface area contributed by atoms with Crippen LogP contribution < -0.4 is 0 Å². The van der Waals surface area contributed by atoms with Crippen molar-refractivity contribution in [1.29, 1.82) is 0 Å². The summed E-state index contributed by atoms with van der Waals surface area (Å²) in [6.45, 7) is 0. The van der Waals surface area contributed by atoms with E-state index in [1.807, 2.05) is 18.2 Å². The van der Waals surface area contributed by atoms with Gasteiger partial charge in [-0.2, -0.15) is 0 Å². The van der Waals surface area contributed by atoms with Crippen LogP contribution in [0.4, 0.5) is 0 Å². The van der Waals surface area contributed by atoms with Crippen LogP contribution in [0.2, 0.25) is 0 Å². The van der Waals surface area contributed by atoms with Gasteiger partial charge in [-0.15, -0.1) is 0 Å². The van der Waals surface area contributed by atoms with Gasteiger partial charge >= 0.3 is 0 Å². The van der Waals surface area contributed by atoms with E-state index in [9.17, 15) is 8.42 Å². The molecule has 2 rings (SSSR count). The van der Waals surface area contributed by atoms with Gasteiger partial charge in [0.2, 0.25) is 10.0 Å². The highest BCUT2D eigenvalue weighted by molar-refractivity contribution is 7.88. The maximum absolute atomic E-state index is 12.1. The zero-order valence-electron chi connectivity index (χ0n) is 9.23. The van der Waals surface area contributed by atoms with Crippen LogP contribution in [0, 0.1) is 0 Å². The SMILES string of the molecule is O=S(=O)(Cc1ccccc1)N1C=CC=CC=C1. The summed E-state index contributed by atoms with van der Waals surface area (Å²) in [6, 6.07) is 9.15. The molecule has 0 aliphatic carbocycles. The third-order valence-electron chi connectivity index (χ3n) is 2.31. The van der Waals surface area contributed by atoms with Gasteiger partial charge in [0.15, 0.2) is 0 Å². The first kappa shape index (κ1) is 11.7. The normalized spacial score (nSPS) is 14.9. The number of hydrogen-bond acceptors (Lipinski definition) is 2. The molecule has 1 aliphatic heterocycles. The molecule has 0 aromatic heterocycles. The summed E-state index contributed by atoms with van der Waals surface area (Å²) in [7, 11) is -3.34. The predicted molar refractivity (Wildman–Crippen MR) is 68.3 cm³/mol. The third-order valence-corrected chi connectivity index (χ3v) is 3.90. The number of benzene rings is 1. The van der Waals surface area contributed by atoms with E-state index in [-0.39, 0.29) is 5.75 Å². The predicted octanol–water partition coefficient (Wildman–Crippen LogP) is 2.42. The number of nitrogens with zero attached hydrogens (tertiary/aromatic N) is 1. The van der Waals surface area contributed by atoms with E-state index in [0.717, 1.165) is 5.56 Å². The molecular formula is C13H13NO2S. The molecule has 1 aliphatic rings. The van der Waals surface area contributed by atoms with Crippen LogP contribution in [0.1, 0.15) is 5.56 Å². The first-order valence-electron chi connectivity index (χ1n) is 5.25. The van der Waals surface area contributed by atoms with Crippen molar-refractivity contribution in [2.45, 2.75) is 5.75 Å². The molecule has 0 unspecified atom stereocenters. The Hall–Kier alpha value is -1.81. The zero-order valence-corrected chi connectivity index (χ0v) is 10.0. The maximum atomic E-state index is 12.1. The number of allylic oxidation sites excluding steroid dienone is 4. The van der Waals surface area contributed by atoms with Crippen LogP contribution in [0.5, 0.6) is 0 Å². The van der Waals surface area contributed by atoms with E-state index in [0.29, 0.717) is 0 Å². The van der Waals surface area contributed by atoms with Crippen molar-refractivity contribution < 1.29 is 8.42 Å². The molecule has 0 amide bonds. The minimum Gasteiger partial charge on any atom is -0.253 e. The highest BCUT2D eigenvalue weighted by Crippen LogP contribution is 2.13. The summed E-state index contributed by atoms with van der Waals surface area (Å²) >= 11 is 0. The zero-order chi connectivity index (χ0) is 12.1. The average molecular weight is 247 g/mol. The van der Waals surface area contributed by atoms with Crippen LogP contribution in [0.3, 0.4) is 0 Å². The molecule has 17 heavy (non-hydrogen) atoms. The largest absolute Gasteiger partial charge is 0.253 e. The van der Waals surface area contributed by atoms with Gasteiger partial charge in [0.05, 0.1) is 5.75 Å². The number of hydrogen-bond donors (Lipinski definition) is 0. The van der Waals surface area contributed by atoms with Crippen LogP contribution >= 0.6 is 0 Å². The summed E-state index contributed by atoms with van der Waals surface area (Å²) in [6.07, 6.45) is 10.0. The quantitative estimate of drug-likeness (QED) is 0.822. The molecular weight excluding hydrogens is 234 g/mol. The molecule has 4 heteroatoms. The lowest BCUT2D eigenvalue weighted by Gasteiger charge is -2.15. The van der Waals surface area contributed by atoms with Gasteiger partial charge in [0, 0.05) is 12.4 Å². The summed E-state index contributed by atoms with van der Waals surface area (Å²) in [5.41, 5.74) is 0.784. The molecule has 1 aromatic rings. The molecule has 0 spiro atoms. The van der Waals surface area contributed by atoms with Crippen LogP contribution in [0.25, 0.3) is 0 Å². The second-order valence-electron chi connectivity index (χ2n) is 3.64. The van der Waals surface area contributed by atoms with Crippen molar-refractivity contribution in [2.24, 2.45) is 0 Å². The molecule has 0 radical (unpaired) electrons. The lowest BCUT2D eigenvalue weighted by atomic mass is 10.2. The Balaban J connectivity index is 2.20. The minimum absolute atomic E-state index is 0.00250. The second-order valence-corrected chi connectivity index (χ2v) is 5.51. The fourth-order valence-electron chi connectivity index (χ4n) is 1.49. The van der Waals surface area contributed by atoms with E-state index < -0.39 is 10.0 Å². The lowest BCUT2D eigenvalue weighted by molar-refractivity contribution is 0.552. The molecule has 0 bridgehead atoms. The van der Waals surface area contributed by atoms with Gasteiger partial charge in [-0.3, -0.25) is 4.31 Å². The highest BCUT2D eigenvalue weighted by Gasteiger charge is 2.17. The van der Waals surface area contributed by atoms with Gasteiger partial charge in [0.1, 0.15) is 0 Å². The lowest BCUT2D eigenvalue weighted by Crippen LogP contribution is -2.21. The van der Waals surface area contributed by atoms with Gasteiger partial charge in [-0.1, -0.05) is 42.5 Å². The third kappa shape index (κ3) is 3.07. The van der Waals surface area contributed by atoms with Gasteiger partial charge in [0.25, 0.3) is 0 Å². The monoisotopic (exact) mass is 247 g/mol. The van der Waals surface area contributed by atoms with Gasteiger partial charge in [-0.05, 0) is 17.7 Å². The summed E-state index contributed by atoms with van der Waals surface area (Å²) < 4.78 is 25.4. The average Bonchev–Trinajstić information content (AvgIpc) is 2.58. The molecule has 0 atom stereocenters. The maximum Gasteiger partial charge on any atom is 0.242 e. The topological polar surface area (TPSA) is 37.4 Å². The van der Waals surface area contributed by atoms with E-state index in [1.54, 1.807) is 36.4 Å². The van der Waals surface area contributed by atoms with Crippen LogP contribution in [-0.2, 0) is 15.8 Å². The summed E-state index contributed by atoms with van der Waals surface area (Å²) in [4.78, 5) is 0. The Morgan fingerprint density at radius 2 is 1.47 bits per heavy atom. The van der Waals surface area contributed by atoms with Crippen molar-refractivity contribution in [3.8, 4) is 0 Å². The molecule has 1 aromatic carbocycles. The van der Waals surface area contributed by atoms with E-state index in [2.05, 4.69) is 0 Å². The van der Waals surface area contributed by atoms with Crippen LogP contribution in [-0.4, -0.2) is 12.7 Å². The first-order chi connectivity index (χ1) is 8.18. The Morgan fingerprint density at radius 1 is 0.882 bits per heavy atom. The van der Waals surface area contributed by atoms with Gasteiger partial charge in [-0.25, -0.2) is 8.42 Å². The van der Waals surface area contributed by atoms with Crippen molar-refractivity contribution >= 4 is 10.0 Å². The minimum atomic E-state index is -3.34. The Bertz CT molecular complexity index is 540. The second kappa shape index (κ2) is 5.01. The fourth-order valence-corrected chi connectivity index (χ4v) is 2.77. The summed E-state index contributed by atoms with van der Waals surface area (Å²) in [5, 5.41) is 0. The van der Waals surface area contributed by atoms with Crippen LogP contribution in [0.15, 0.2) is 67.0 Å². The van der Waals surface area contributed by atoms with Crippen molar-refractivity contribution in [2.75, 3.05) is 0 Å². The van der Waals surface area contributed by atoms with E-state index >= 15 is 0 Å². The summed E-state index contributed by atoms with van der Waals surface area (Å²) in [5.74, 6) is 0.00250. The molecule has 1 heterocycles. The molecule has 0 saturated carbocycles. The van der Waals surface area contributed by atoms with E-state index in [1.165, 1.54) is 16.7 Å². The molecule has 0 saturated heterocycles. The Kier molecular flexibility index (Phi) is 3.44. The number of rotatable bonds is 3. The van der Waals surface area contributed by atoms with Crippen molar-refractivity contribution in [3.05, 3.63) is 72.6 Å². The fraction of sp³-hybridized carbons (Fsp3) is 0.0769. The van der Waals surface area contributed by atoms with E-state index in [4.69, 9.17) is 0 Å². The van der Waals surface area contributed by atoms with Crippen molar-refractivity contribution in [1.82, 2.24) is 4.31 Å². The molecule has 88 valence electrons. The molecule has 0 fully saturated rings. The Labute approximate surface area is 101 Å². The standard InChI is InChI=1S/C13H13NO2S/c15-17(16,12-13-8-4-3-5-9-13)14-10-6-1-2-7-11-14/h1-11H,12H2. The molecule has 3 nitrogen and oxygen atoms in total. The first-order valence-corrected chi connectivity index (χ1v) is 6.86. The highest BCUT2D eigenvalue weighted by atomic mass is 32.2. The molecule has 0 N–H and O–H groups in total. The Morgan fingerprint density at radius 3 is 2.06 bits per heavy atom. The smallest absolute Gasteiger partial charge is 0.242 e. The number of sulfonamides is 1. The van der Waals surface area contributed by atoms with Gasteiger partial charge < -0.3 is 0 Å². The van der Waals surface area contributed by atoms with Crippen molar-refractivity contribution in [3.63, 3.8) is 0 Å².